The minimum Gasteiger partial charge on any atom is -0.497 e. The van der Waals surface area contributed by atoms with Gasteiger partial charge in [-0.15, -0.1) is 0 Å². The first-order chi connectivity index (χ1) is 20.8. The van der Waals surface area contributed by atoms with E-state index in [0.717, 1.165) is 11.1 Å². The summed E-state index contributed by atoms with van der Waals surface area (Å²) in [4.78, 5) is 13.6. The first-order valence-electron chi connectivity index (χ1n) is 14.1. The molecule has 3 aromatic carbocycles. The average molecular weight is 623 g/mol. The third-order valence-electron chi connectivity index (χ3n) is 8.43. The van der Waals surface area contributed by atoms with Crippen LogP contribution in [0.2, 0.25) is 0 Å². The van der Waals surface area contributed by atoms with Crippen molar-refractivity contribution in [3.8, 4) is 11.5 Å². The number of carbonyl (C=O) groups excluding carboxylic acids is 1. The number of ether oxygens (including phenoxy) is 3. The lowest BCUT2D eigenvalue weighted by Gasteiger charge is -2.42. The minimum absolute atomic E-state index is 0.100. The topological polar surface area (TPSA) is 68.8 Å². The molecule has 2 N–H and O–H groups in total. The summed E-state index contributed by atoms with van der Waals surface area (Å²) in [5.74, 6) is 0.538. The first-order valence-corrected chi connectivity index (χ1v) is 14.1. The van der Waals surface area contributed by atoms with Gasteiger partial charge in [0, 0.05) is 18.2 Å². The van der Waals surface area contributed by atoms with E-state index in [9.17, 15) is 31.1 Å². The van der Waals surface area contributed by atoms with Gasteiger partial charge in [0.15, 0.2) is 0 Å². The Morgan fingerprint density at radius 3 is 2.20 bits per heavy atom. The lowest BCUT2D eigenvalue weighted by molar-refractivity contribution is -0.143. The highest BCUT2D eigenvalue weighted by atomic mass is 19.4. The SMILES string of the molecule is COc1ccc(OC)c(CNC(=O)C2CC3(c4ccccc4)NC2CCC3OCc2cc(C(F)(F)F)cc(C(F)(F)F)c2)c1. The van der Waals surface area contributed by atoms with Crippen LogP contribution < -0.4 is 20.1 Å². The van der Waals surface area contributed by atoms with Gasteiger partial charge in [0.1, 0.15) is 11.5 Å². The molecule has 2 aliphatic rings. The van der Waals surface area contributed by atoms with Crippen molar-refractivity contribution in [1.29, 1.82) is 0 Å². The maximum absolute atomic E-state index is 13.6. The number of fused-ring (bicyclic) bond motifs is 2. The lowest BCUT2D eigenvalue weighted by Crippen LogP contribution is -2.54. The zero-order valence-electron chi connectivity index (χ0n) is 24.0. The quantitative estimate of drug-likeness (QED) is 0.263. The van der Waals surface area contributed by atoms with E-state index in [4.69, 9.17) is 14.2 Å². The normalized spacial score (nSPS) is 23.3. The summed E-state index contributed by atoms with van der Waals surface area (Å²) >= 11 is 0. The van der Waals surface area contributed by atoms with Crippen LogP contribution in [0, 0.1) is 5.92 Å². The smallest absolute Gasteiger partial charge is 0.416 e. The number of hydrogen-bond acceptors (Lipinski definition) is 5. The van der Waals surface area contributed by atoms with Crippen LogP contribution in [-0.4, -0.2) is 32.3 Å². The van der Waals surface area contributed by atoms with E-state index in [1.807, 2.05) is 30.3 Å². The van der Waals surface area contributed by atoms with Crippen LogP contribution in [0.15, 0.2) is 66.7 Å². The summed E-state index contributed by atoms with van der Waals surface area (Å²) in [7, 11) is 3.07. The molecule has 2 saturated heterocycles. The van der Waals surface area contributed by atoms with Gasteiger partial charge in [-0.05, 0) is 66.8 Å². The number of methoxy groups -OCH3 is 2. The second kappa shape index (κ2) is 12.3. The molecule has 1 amide bonds. The number of halogens is 6. The molecule has 6 nitrogen and oxygen atoms in total. The largest absolute Gasteiger partial charge is 0.497 e. The van der Waals surface area contributed by atoms with Gasteiger partial charge in [0.25, 0.3) is 0 Å². The van der Waals surface area contributed by atoms with Crippen molar-refractivity contribution in [2.75, 3.05) is 14.2 Å². The number of alkyl halides is 6. The second-order valence-electron chi connectivity index (χ2n) is 11.1. The average Bonchev–Trinajstić information content (AvgIpc) is 3.32. The second-order valence-corrected chi connectivity index (χ2v) is 11.1. The van der Waals surface area contributed by atoms with E-state index >= 15 is 0 Å². The third kappa shape index (κ3) is 6.51. The number of nitrogens with one attached hydrogen (secondary N) is 2. The van der Waals surface area contributed by atoms with Crippen molar-refractivity contribution in [2.24, 2.45) is 5.92 Å². The van der Waals surface area contributed by atoms with Gasteiger partial charge < -0.3 is 24.8 Å². The Morgan fingerprint density at radius 1 is 0.909 bits per heavy atom. The fourth-order valence-electron chi connectivity index (χ4n) is 6.31. The van der Waals surface area contributed by atoms with E-state index < -0.39 is 47.6 Å². The van der Waals surface area contributed by atoms with Crippen LogP contribution in [-0.2, 0) is 40.6 Å². The summed E-state index contributed by atoms with van der Waals surface area (Å²) in [5.41, 5.74) is -2.36. The Hall–Kier alpha value is -3.77. The molecule has 0 aromatic heterocycles. The van der Waals surface area contributed by atoms with Crippen molar-refractivity contribution in [2.45, 2.75) is 62.5 Å². The highest BCUT2D eigenvalue weighted by Crippen LogP contribution is 2.48. The molecule has 0 spiro atoms. The van der Waals surface area contributed by atoms with Crippen LogP contribution in [0.4, 0.5) is 26.3 Å². The van der Waals surface area contributed by atoms with Crippen molar-refractivity contribution in [1.82, 2.24) is 10.6 Å². The zero-order chi connectivity index (χ0) is 31.7. The molecule has 4 unspecified atom stereocenters. The number of benzene rings is 3. The number of piperidine rings is 1. The van der Waals surface area contributed by atoms with Crippen molar-refractivity contribution < 1.29 is 45.3 Å². The predicted octanol–water partition coefficient (Wildman–Crippen LogP) is 6.61. The molecule has 0 aliphatic carbocycles. The number of rotatable bonds is 9. The van der Waals surface area contributed by atoms with E-state index in [0.29, 0.717) is 42.9 Å². The Labute approximate surface area is 250 Å². The molecule has 5 rings (SSSR count). The van der Waals surface area contributed by atoms with E-state index in [1.165, 1.54) is 7.11 Å². The monoisotopic (exact) mass is 622 g/mol. The molecule has 2 aliphatic heterocycles. The van der Waals surface area contributed by atoms with Gasteiger partial charge in [-0.25, -0.2) is 0 Å². The van der Waals surface area contributed by atoms with E-state index in [1.54, 1.807) is 25.3 Å². The summed E-state index contributed by atoms with van der Waals surface area (Å²) in [6.45, 7) is -0.275. The molecule has 44 heavy (non-hydrogen) atoms. The van der Waals surface area contributed by atoms with Gasteiger partial charge >= 0.3 is 12.4 Å². The fourth-order valence-corrected chi connectivity index (χ4v) is 6.31. The Morgan fingerprint density at radius 2 is 1.59 bits per heavy atom. The molecule has 0 saturated carbocycles. The molecular formula is C32H32F6N2O4. The van der Waals surface area contributed by atoms with Crippen LogP contribution in [0.3, 0.4) is 0 Å². The van der Waals surface area contributed by atoms with Crippen molar-refractivity contribution in [3.63, 3.8) is 0 Å². The molecule has 236 valence electrons. The Kier molecular flexibility index (Phi) is 8.86. The standard InChI is InChI=1S/C32H32F6N2O4/c1-42-24-8-10-27(43-2)20(14-24)17-39-29(41)25-16-30(21-6-4-3-5-7-21)28(11-9-26(25)40-30)44-18-19-12-22(31(33,34)35)15-23(13-19)32(36,37)38/h3-8,10,12-15,25-26,28,40H,9,11,16-18H2,1-2H3,(H,39,41). The molecule has 0 radical (unpaired) electrons. The van der Waals surface area contributed by atoms with Crippen LogP contribution in [0.25, 0.3) is 0 Å². The summed E-state index contributed by atoms with van der Waals surface area (Å²) in [6, 6.07) is 15.8. The number of amides is 1. The highest BCUT2D eigenvalue weighted by molar-refractivity contribution is 5.80. The van der Waals surface area contributed by atoms with Crippen LogP contribution in [0.1, 0.15) is 47.1 Å². The first kappa shape index (κ1) is 31.6. The molecule has 4 atom stereocenters. The molecular weight excluding hydrogens is 590 g/mol. The zero-order valence-corrected chi connectivity index (χ0v) is 24.0. The number of hydrogen-bond donors (Lipinski definition) is 2. The summed E-state index contributed by atoms with van der Waals surface area (Å²) < 4.78 is 97.5. The van der Waals surface area contributed by atoms with Crippen LogP contribution >= 0.6 is 0 Å². The maximum atomic E-state index is 13.6. The molecule has 2 bridgehead atoms. The van der Waals surface area contributed by atoms with Gasteiger partial charge in [-0.3, -0.25) is 4.79 Å². The highest BCUT2D eigenvalue weighted by Gasteiger charge is 2.56. The lowest BCUT2D eigenvalue weighted by atomic mass is 9.80. The van der Waals surface area contributed by atoms with Crippen molar-refractivity contribution >= 4 is 5.91 Å². The molecule has 12 heteroatoms. The van der Waals surface area contributed by atoms with E-state index in [-0.39, 0.29) is 30.1 Å². The van der Waals surface area contributed by atoms with Gasteiger partial charge in [-0.1, -0.05) is 30.3 Å². The Balaban J connectivity index is 1.37. The van der Waals surface area contributed by atoms with Gasteiger partial charge in [0.05, 0.1) is 49.5 Å². The minimum atomic E-state index is -4.96. The maximum Gasteiger partial charge on any atom is 0.416 e. The van der Waals surface area contributed by atoms with Crippen molar-refractivity contribution in [3.05, 3.63) is 94.5 Å². The predicted molar refractivity (Wildman–Crippen MR) is 149 cm³/mol. The number of carbonyl (C=O) groups is 1. The summed E-state index contributed by atoms with van der Waals surface area (Å²) in [5, 5.41) is 6.55. The molecule has 2 heterocycles. The van der Waals surface area contributed by atoms with Gasteiger partial charge in [0.2, 0.25) is 5.91 Å². The Bertz CT molecular complexity index is 1450. The molecule has 2 fully saturated rings. The third-order valence-corrected chi connectivity index (χ3v) is 8.43. The van der Waals surface area contributed by atoms with Crippen LogP contribution in [0.5, 0.6) is 11.5 Å². The van der Waals surface area contributed by atoms with E-state index in [2.05, 4.69) is 10.6 Å². The van der Waals surface area contributed by atoms with Gasteiger partial charge in [-0.2, -0.15) is 26.3 Å². The fraction of sp³-hybridized carbons (Fsp3) is 0.406. The molecule has 3 aromatic rings. The summed E-state index contributed by atoms with van der Waals surface area (Å²) in [6.07, 6.45) is -9.24.